The molecule has 0 spiro atoms. The summed E-state index contributed by atoms with van der Waals surface area (Å²) in [6.45, 7) is -0.654. The molecule has 0 aliphatic heterocycles. The summed E-state index contributed by atoms with van der Waals surface area (Å²) in [6, 6.07) is 6.49. The Labute approximate surface area is 143 Å². The van der Waals surface area contributed by atoms with Crippen LogP contribution in [0.4, 0.5) is 4.79 Å². The molecule has 8 nitrogen and oxygen atoms in total. The summed E-state index contributed by atoms with van der Waals surface area (Å²) in [6.07, 6.45) is 2.21. The number of primary amides is 1. The summed E-state index contributed by atoms with van der Waals surface area (Å²) in [5.74, 6) is -1.40. The number of rotatable bonds is 8. The fourth-order valence-corrected chi connectivity index (χ4v) is 2.20. The average molecular weight is 353 g/mol. The van der Waals surface area contributed by atoms with E-state index in [1.165, 1.54) is 11.8 Å². The van der Waals surface area contributed by atoms with Gasteiger partial charge in [-0.3, -0.25) is 14.9 Å². The number of carbonyl (C=O) groups excluding carboxylic acids is 4. The maximum absolute atomic E-state index is 12.1. The van der Waals surface area contributed by atoms with Crippen LogP contribution in [0.5, 0.6) is 0 Å². The predicted molar refractivity (Wildman–Crippen MR) is 89.4 cm³/mol. The van der Waals surface area contributed by atoms with Gasteiger partial charge in [0.15, 0.2) is 6.61 Å². The lowest BCUT2D eigenvalue weighted by molar-refractivity contribution is -0.150. The summed E-state index contributed by atoms with van der Waals surface area (Å²) in [7, 11) is 0. The van der Waals surface area contributed by atoms with Crippen LogP contribution in [0, 0.1) is 0 Å². The maximum Gasteiger partial charge on any atom is 0.329 e. The molecule has 0 aliphatic carbocycles. The Kier molecular flexibility index (Phi) is 8.34. The minimum absolute atomic E-state index is 0.343. The highest BCUT2D eigenvalue weighted by Crippen LogP contribution is 2.05. The molecule has 0 saturated carbocycles. The predicted octanol–water partition coefficient (Wildman–Crippen LogP) is 0.276. The van der Waals surface area contributed by atoms with Crippen molar-refractivity contribution in [2.24, 2.45) is 5.73 Å². The number of imide groups is 1. The van der Waals surface area contributed by atoms with E-state index in [1.807, 2.05) is 6.26 Å². The first-order chi connectivity index (χ1) is 11.4. The van der Waals surface area contributed by atoms with Gasteiger partial charge in [0.05, 0.1) is 0 Å². The molecule has 0 bridgehead atoms. The zero-order valence-electron chi connectivity index (χ0n) is 13.1. The third-order valence-electron chi connectivity index (χ3n) is 2.84. The Morgan fingerprint density at radius 2 is 1.88 bits per heavy atom. The topological polar surface area (TPSA) is 128 Å². The molecule has 24 heavy (non-hydrogen) atoms. The van der Waals surface area contributed by atoms with E-state index >= 15 is 0 Å². The molecule has 1 atom stereocenters. The molecule has 0 aliphatic rings. The van der Waals surface area contributed by atoms with Gasteiger partial charge in [-0.2, -0.15) is 11.8 Å². The van der Waals surface area contributed by atoms with Gasteiger partial charge in [-0.25, -0.2) is 9.59 Å². The quantitative estimate of drug-likeness (QED) is 0.576. The molecule has 0 unspecified atom stereocenters. The number of ether oxygens (including phenoxy) is 1. The van der Waals surface area contributed by atoms with Crippen LogP contribution in [0.15, 0.2) is 30.3 Å². The van der Waals surface area contributed by atoms with Gasteiger partial charge in [-0.1, -0.05) is 18.2 Å². The highest BCUT2D eigenvalue weighted by Gasteiger charge is 2.23. The van der Waals surface area contributed by atoms with Gasteiger partial charge in [-0.05, 0) is 30.6 Å². The van der Waals surface area contributed by atoms with Gasteiger partial charge in [0, 0.05) is 5.56 Å². The van der Waals surface area contributed by atoms with E-state index in [4.69, 9.17) is 10.5 Å². The van der Waals surface area contributed by atoms with Gasteiger partial charge in [0.25, 0.3) is 11.8 Å². The molecule has 0 saturated heterocycles. The van der Waals surface area contributed by atoms with Crippen molar-refractivity contribution in [2.45, 2.75) is 12.5 Å². The van der Waals surface area contributed by atoms with Gasteiger partial charge < -0.3 is 15.8 Å². The van der Waals surface area contributed by atoms with Crippen LogP contribution in [0.25, 0.3) is 0 Å². The summed E-state index contributed by atoms with van der Waals surface area (Å²) >= 11 is 1.50. The number of urea groups is 1. The first-order valence-corrected chi connectivity index (χ1v) is 8.44. The van der Waals surface area contributed by atoms with E-state index in [-0.39, 0.29) is 0 Å². The van der Waals surface area contributed by atoms with Crippen molar-refractivity contribution < 1.29 is 23.9 Å². The smallest absolute Gasteiger partial charge is 0.329 e. The van der Waals surface area contributed by atoms with Crippen molar-refractivity contribution in [3.63, 3.8) is 0 Å². The largest absolute Gasteiger partial charge is 0.454 e. The summed E-state index contributed by atoms with van der Waals surface area (Å²) in [4.78, 5) is 46.0. The Morgan fingerprint density at radius 1 is 1.21 bits per heavy atom. The van der Waals surface area contributed by atoms with E-state index in [0.717, 1.165) is 0 Å². The monoisotopic (exact) mass is 353 g/mol. The Balaban J connectivity index is 2.63. The minimum Gasteiger partial charge on any atom is -0.454 e. The molecule has 1 aromatic carbocycles. The molecule has 4 N–H and O–H groups in total. The third kappa shape index (κ3) is 7.14. The van der Waals surface area contributed by atoms with E-state index in [9.17, 15) is 19.2 Å². The number of hydrogen-bond donors (Lipinski definition) is 3. The summed E-state index contributed by atoms with van der Waals surface area (Å²) in [5, 5.41) is 4.36. The standard InChI is InChI=1S/C15H19N3O5S/c1-24-8-7-11(14(21)23-9-12(19)18-15(16)22)17-13(20)10-5-3-2-4-6-10/h2-6,11H,7-9H2,1H3,(H,17,20)(H3,16,18,19,22)/t11-/m1/s1. The Hall–Kier alpha value is -2.55. The normalized spacial score (nSPS) is 11.2. The molecule has 0 aromatic heterocycles. The summed E-state index contributed by atoms with van der Waals surface area (Å²) in [5.41, 5.74) is 5.19. The lowest BCUT2D eigenvalue weighted by Crippen LogP contribution is -2.44. The van der Waals surface area contributed by atoms with Gasteiger partial charge in [0.2, 0.25) is 0 Å². The van der Waals surface area contributed by atoms with Crippen LogP contribution in [0.2, 0.25) is 0 Å². The van der Waals surface area contributed by atoms with Crippen molar-refractivity contribution in [2.75, 3.05) is 18.6 Å². The lowest BCUT2D eigenvalue weighted by atomic mass is 10.1. The van der Waals surface area contributed by atoms with Crippen LogP contribution in [-0.4, -0.2) is 48.5 Å². The van der Waals surface area contributed by atoms with Crippen LogP contribution in [0.3, 0.4) is 0 Å². The second kappa shape index (κ2) is 10.3. The average Bonchev–Trinajstić information content (AvgIpc) is 2.56. The first kappa shape index (κ1) is 19.5. The number of nitrogens with one attached hydrogen (secondary N) is 2. The number of nitrogens with two attached hydrogens (primary N) is 1. The third-order valence-corrected chi connectivity index (χ3v) is 3.49. The number of benzene rings is 1. The highest BCUT2D eigenvalue weighted by molar-refractivity contribution is 7.98. The SMILES string of the molecule is CSCC[C@@H](NC(=O)c1ccccc1)C(=O)OCC(=O)NC(N)=O. The molecule has 9 heteroatoms. The second-order valence-electron chi connectivity index (χ2n) is 4.69. The molecular weight excluding hydrogens is 334 g/mol. The van der Waals surface area contributed by atoms with Crippen LogP contribution in [-0.2, 0) is 14.3 Å². The van der Waals surface area contributed by atoms with E-state index in [2.05, 4.69) is 5.32 Å². The van der Waals surface area contributed by atoms with Gasteiger partial charge in [-0.15, -0.1) is 0 Å². The van der Waals surface area contributed by atoms with Gasteiger partial charge in [0.1, 0.15) is 6.04 Å². The molecule has 1 rings (SSSR count). The number of hydrogen-bond acceptors (Lipinski definition) is 6. The number of esters is 1. The summed E-state index contributed by atoms with van der Waals surface area (Å²) < 4.78 is 4.82. The minimum atomic E-state index is -1.03. The maximum atomic E-state index is 12.1. The molecule has 0 heterocycles. The van der Waals surface area contributed by atoms with Crippen LogP contribution < -0.4 is 16.4 Å². The molecule has 0 radical (unpaired) electrons. The van der Waals surface area contributed by atoms with Crippen molar-refractivity contribution in [3.05, 3.63) is 35.9 Å². The molecule has 4 amide bonds. The molecule has 0 fully saturated rings. The zero-order valence-corrected chi connectivity index (χ0v) is 13.9. The van der Waals surface area contributed by atoms with E-state index in [0.29, 0.717) is 17.7 Å². The Bertz CT molecular complexity index is 594. The van der Waals surface area contributed by atoms with E-state index < -0.39 is 36.5 Å². The van der Waals surface area contributed by atoms with Crippen molar-refractivity contribution >= 4 is 35.6 Å². The fourth-order valence-electron chi connectivity index (χ4n) is 1.73. The van der Waals surface area contributed by atoms with Crippen molar-refractivity contribution in [3.8, 4) is 0 Å². The lowest BCUT2D eigenvalue weighted by Gasteiger charge is -2.17. The van der Waals surface area contributed by atoms with Crippen LogP contribution in [0.1, 0.15) is 16.8 Å². The Morgan fingerprint density at radius 3 is 2.46 bits per heavy atom. The molecular formula is C15H19N3O5S. The van der Waals surface area contributed by atoms with Gasteiger partial charge >= 0.3 is 12.0 Å². The number of amides is 4. The second-order valence-corrected chi connectivity index (χ2v) is 5.68. The fraction of sp³-hybridized carbons (Fsp3) is 0.333. The molecule has 1 aromatic rings. The highest BCUT2D eigenvalue weighted by atomic mass is 32.2. The zero-order chi connectivity index (χ0) is 17.9. The first-order valence-electron chi connectivity index (χ1n) is 7.04. The van der Waals surface area contributed by atoms with Crippen molar-refractivity contribution in [1.29, 1.82) is 0 Å². The number of thioether (sulfide) groups is 1. The number of carbonyl (C=O) groups is 4. The van der Waals surface area contributed by atoms with Crippen LogP contribution >= 0.6 is 11.8 Å². The van der Waals surface area contributed by atoms with Crippen molar-refractivity contribution in [1.82, 2.24) is 10.6 Å². The van der Waals surface area contributed by atoms with E-state index in [1.54, 1.807) is 35.6 Å². The molecule has 130 valence electrons.